The minimum atomic E-state index is -0.880. The van der Waals surface area contributed by atoms with Gasteiger partial charge in [0, 0.05) is 5.69 Å². The Labute approximate surface area is 130 Å². The van der Waals surface area contributed by atoms with Crippen molar-refractivity contribution in [2.24, 2.45) is 5.92 Å². The second-order valence-corrected chi connectivity index (χ2v) is 7.67. The van der Waals surface area contributed by atoms with Crippen molar-refractivity contribution in [1.82, 2.24) is 0 Å². The van der Waals surface area contributed by atoms with E-state index in [2.05, 4.69) is 45.1 Å². The molecule has 1 aliphatic carbocycles. The van der Waals surface area contributed by atoms with E-state index in [4.69, 9.17) is 23.2 Å². The average Bonchev–Trinajstić information content (AvgIpc) is 2.98. The van der Waals surface area contributed by atoms with Crippen LogP contribution in [-0.4, -0.2) is 10.2 Å². The zero-order chi connectivity index (χ0) is 15.1. The van der Waals surface area contributed by atoms with Crippen molar-refractivity contribution in [3.63, 3.8) is 0 Å². The van der Waals surface area contributed by atoms with Gasteiger partial charge in [-0.1, -0.05) is 45.9 Å². The number of carbonyl (C=O) groups excluding carboxylic acids is 1. The lowest BCUT2D eigenvalue weighted by molar-refractivity contribution is -0.117. The van der Waals surface area contributed by atoms with Gasteiger partial charge in [0.2, 0.25) is 5.91 Å². The Morgan fingerprint density at radius 2 is 1.65 bits per heavy atom. The number of nitrogens with one attached hydrogen (secondary N) is 1. The van der Waals surface area contributed by atoms with Crippen LogP contribution in [0.3, 0.4) is 0 Å². The van der Waals surface area contributed by atoms with Crippen LogP contribution >= 0.6 is 23.2 Å². The molecule has 0 aromatic heterocycles. The van der Waals surface area contributed by atoms with Crippen molar-refractivity contribution in [2.75, 3.05) is 5.32 Å². The fraction of sp³-hybridized carbons (Fsp3) is 0.562. The standard InChI is InChI=1S/C16H21Cl2NO/c1-9(2)11-6-5-7-12(10(3)4)14(11)19-15(20)13-8-16(13,17)18/h5-7,9-10,13H,8H2,1-4H3,(H,19,20)/t13-/m0/s1. The zero-order valence-electron chi connectivity index (χ0n) is 12.3. The van der Waals surface area contributed by atoms with Crippen LogP contribution in [0, 0.1) is 5.92 Å². The summed E-state index contributed by atoms with van der Waals surface area (Å²) < 4.78 is -0.880. The Balaban J connectivity index is 2.31. The van der Waals surface area contributed by atoms with Crippen LogP contribution in [0.5, 0.6) is 0 Å². The van der Waals surface area contributed by atoms with Gasteiger partial charge in [0.05, 0.1) is 5.92 Å². The fourth-order valence-corrected chi connectivity index (χ4v) is 2.91. The number of halogens is 2. The molecule has 1 amide bonds. The Kier molecular flexibility index (Phi) is 4.36. The van der Waals surface area contributed by atoms with E-state index >= 15 is 0 Å². The van der Waals surface area contributed by atoms with Crippen LogP contribution in [0.4, 0.5) is 5.69 Å². The SMILES string of the molecule is CC(C)c1cccc(C(C)C)c1NC(=O)[C@@H]1CC1(Cl)Cl. The first kappa shape index (κ1) is 15.7. The van der Waals surface area contributed by atoms with Crippen LogP contribution in [0.1, 0.15) is 57.1 Å². The number of anilines is 1. The predicted octanol–water partition coefficient (Wildman–Crippen LogP) is 5.07. The first-order valence-electron chi connectivity index (χ1n) is 7.05. The molecule has 0 bridgehead atoms. The molecule has 0 heterocycles. The third-order valence-corrected chi connectivity index (χ3v) is 4.60. The number of hydrogen-bond acceptors (Lipinski definition) is 1. The Morgan fingerprint density at radius 3 is 2.00 bits per heavy atom. The van der Waals surface area contributed by atoms with Crippen LogP contribution in [0.15, 0.2) is 18.2 Å². The molecule has 0 radical (unpaired) electrons. The molecule has 1 N–H and O–H groups in total. The van der Waals surface area contributed by atoms with Gasteiger partial charge < -0.3 is 5.32 Å². The van der Waals surface area contributed by atoms with E-state index in [-0.39, 0.29) is 11.8 Å². The van der Waals surface area contributed by atoms with Crippen LogP contribution in [-0.2, 0) is 4.79 Å². The summed E-state index contributed by atoms with van der Waals surface area (Å²) in [6, 6.07) is 6.17. The van der Waals surface area contributed by atoms with Crippen molar-refractivity contribution in [3.8, 4) is 0 Å². The second-order valence-electron chi connectivity index (χ2n) is 6.13. The van der Waals surface area contributed by atoms with Gasteiger partial charge in [0.25, 0.3) is 0 Å². The molecule has 1 saturated carbocycles. The van der Waals surface area contributed by atoms with Gasteiger partial charge in [-0.15, -0.1) is 23.2 Å². The molecule has 0 spiro atoms. The molecular weight excluding hydrogens is 293 g/mol. The Morgan fingerprint density at radius 1 is 1.20 bits per heavy atom. The summed E-state index contributed by atoms with van der Waals surface area (Å²) >= 11 is 12.0. The van der Waals surface area contributed by atoms with Crippen molar-refractivity contribution < 1.29 is 4.79 Å². The highest BCUT2D eigenvalue weighted by atomic mass is 35.5. The maximum Gasteiger partial charge on any atom is 0.230 e. The summed E-state index contributed by atoms with van der Waals surface area (Å²) in [7, 11) is 0. The third kappa shape index (κ3) is 3.12. The summed E-state index contributed by atoms with van der Waals surface area (Å²) in [6.45, 7) is 8.50. The van der Waals surface area contributed by atoms with Gasteiger partial charge in [-0.2, -0.15) is 0 Å². The maximum absolute atomic E-state index is 12.3. The molecule has 1 fully saturated rings. The van der Waals surface area contributed by atoms with E-state index < -0.39 is 4.33 Å². The number of para-hydroxylation sites is 1. The number of rotatable bonds is 4. The molecule has 0 aliphatic heterocycles. The Hall–Kier alpha value is -0.730. The van der Waals surface area contributed by atoms with Crippen molar-refractivity contribution in [2.45, 2.75) is 50.3 Å². The summed E-state index contributed by atoms with van der Waals surface area (Å²) in [6.07, 6.45) is 0.531. The lowest BCUT2D eigenvalue weighted by atomic mass is 9.92. The quantitative estimate of drug-likeness (QED) is 0.773. The van der Waals surface area contributed by atoms with E-state index in [0.717, 1.165) is 16.8 Å². The normalized spacial score (nSPS) is 20.3. The molecular formula is C16H21Cl2NO. The lowest BCUT2D eigenvalue weighted by Crippen LogP contribution is -2.19. The minimum Gasteiger partial charge on any atom is -0.325 e. The monoisotopic (exact) mass is 313 g/mol. The average molecular weight is 314 g/mol. The zero-order valence-corrected chi connectivity index (χ0v) is 13.8. The number of alkyl halides is 2. The predicted molar refractivity (Wildman–Crippen MR) is 85.8 cm³/mol. The first-order valence-corrected chi connectivity index (χ1v) is 7.81. The maximum atomic E-state index is 12.3. The van der Waals surface area contributed by atoms with Gasteiger partial charge in [-0.05, 0) is 29.4 Å². The smallest absolute Gasteiger partial charge is 0.230 e. The van der Waals surface area contributed by atoms with E-state index in [1.165, 1.54) is 0 Å². The molecule has 1 aromatic carbocycles. The van der Waals surface area contributed by atoms with E-state index in [1.807, 2.05) is 6.07 Å². The topological polar surface area (TPSA) is 29.1 Å². The van der Waals surface area contributed by atoms with Gasteiger partial charge in [-0.3, -0.25) is 4.79 Å². The van der Waals surface area contributed by atoms with Gasteiger partial charge in [0.1, 0.15) is 4.33 Å². The summed E-state index contributed by atoms with van der Waals surface area (Å²) in [5.74, 6) is 0.316. The third-order valence-electron chi connectivity index (χ3n) is 3.76. The molecule has 110 valence electrons. The Bertz CT molecular complexity index is 497. The molecule has 2 nitrogen and oxygen atoms in total. The van der Waals surface area contributed by atoms with E-state index in [0.29, 0.717) is 18.3 Å². The van der Waals surface area contributed by atoms with Gasteiger partial charge in [-0.25, -0.2) is 0 Å². The number of hydrogen-bond donors (Lipinski definition) is 1. The highest BCUT2D eigenvalue weighted by molar-refractivity contribution is 6.52. The summed E-state index contributed by atoms with van der Waals surface area (Å²) in [4.78, 5) is 12.3. The molecule has 1 atom stereocenters. The van der Waals surface area contributed by atoms with Crippen LogP contribution < -0.4 is 5.32 Å². The second kappa shape index (κ2) is 5.57. The molecule has 1 aliphatic rings. The van der Waals surface area contributed by atoms with Crippen molar-refractivity contribution in [1.29, 1.82) is 0 Å². The highest BCUT2D eigenvalue weighted by Gasteiger charge is 2.56. The fourth-order valence-electron chi connectivity index (χ4n) is 2.40. The molecule has 20 heavy (non-hydrogen) atoms. The largest absolute Gasteiger partial charge is 0.325 e. The van der Waals surface area contributed by atoms with Gasteiger partial charge >= 0.3 is 0 Å². The molecule has 0 saturated heterocycles. The summed E-state index contributed by atoms with van der Waals surface area (Å²) in [5.41, 5.74) is 3.23. The number of carbonyl (C=O) groups is 1. The van der Waals surface area contributed by atoms with Crippen LogP contribution in [0.2, 0.25) is 0 Å². The summed E-state index contributed by atoms with van der Waals surface area (Å²) in [5, 5.41) is 3.05. The van der Waals surface area contributed by atoms with Crippen LogP contribution in [0.25, 0.3) is 0 Å². The number of amides is 1. The van der Waals surface area contributed by atoms with E-state index in [9.17, 15) is 4.79 Å². The van der Waals surface area contributed by atoms with Crippen molar-refractivity contribution >= 4 is 34.8 Å². The van der Waals surface area contributed by atoms with Crippen molar-refractivity contribution in [3.05, 3.63) is 29.3 Å². The highest BCUT2D eigenvalue weighted by Crippen LogP contribution is 2.53. The molecule has 0 unspecified atom stereocenters. The van der Waals surface area contributed by atoms with Gasteiger partial charge in [0.15, 0.2) is 0 Å². The first-order chi connectivity index (χ1) is 9.24. The molecule has 1 aromatic rings. The minimum absolute atomic E-state index is 0.0787. The number of benzene rings is 1. The lowest BCUT2D eigenvalue weighted by Gasteiger charge is -2.20. The van der Waals surface area contributed by atoms with E-state index in [1.54, 1.807) is 0 Å². The molecule has 2 rings (SSSR count). The molecule has 4 heteroatoms.